The summed E-state index contributed by atoms with van der Waals surface area (Å²) in [7, 11) is 0. The second kappa shape index (κ2) is 5.57. The first-order chi connectivity index (χ1) is 7.70. The Morgan fingerprint density at radius 3 is 2.24 bits per heavy atom. The molecule has 0 aromatic heterocycles. The van der Waals surface area contributed by atoms with Gasteiger partial charge >= 0.3 is 0 Å². The predicted octanol–water partition coefficient (Wildman–Crippen LogP) is 3.80. The number of halogens is 2. The van der Waals surface area contributed by atoms with Crippen LogP contribution in [0.15, 0.2) is 18.2 Å². The summed E-state index contributed by atoms with van der Waals surface area (Å²) >= 11 is 11.8. The van der Waals surface area contributed by atoms with Crippen molar-refractivity contribution in [3.05, 3.63) is 33.8 Å². The third kappa shape index (κ3) is 4.47. The molecule has 0 saturated heterocycles. The number of hydrogen-bond donors (Lipinski definition) is 2. The van der Waals surface area contributed by atoms with E-state index in [0.29, 0.717) is 10.0 Å². The van der Waals surface area contributed by atoms with Gasteiger partial charge in [0, 0.05) is 11.6 Å². The fourth-order valence-corrected chi connectivity index (χ4v) is 2.05. The van der Waals surface area contributed by atoms with Gasteiger partial charge in [-0.1, -0.05) is 29.3 Å². The Morgan fingerprint density at radius 1 is 1.18 bits per heavy atom. The summed E-state index contributed by atoms with van der Waals surface area (Å²) in [6.07, 6.45) is -0.607. The minimum atomic E-state index is -0.607. The van der Waals surface area contributed by atoms with Crippen molar-refractivity contribution in [3.63, 3.8) is 0 Å². The van der Waals surface area contributed by atoms with Crippen LogP contribution >= 0.6 is 23.2 Å². The molecule has 0 heterocycles. The molecule has 17 heavy (non-hydrogen) atoms. The maximum Gasteiger partial charge on any atom is 0.0940 e. The van der Waals surface area contributed by atoms with Crippen molar-refractivity contribution in [1.82, 2.24) is 5.32 Å². The smallest absolute Gasteiger partial charge is 0.0940 e. The second-order valence-corrected chi connectivity index (χ2v) is 6.12. The monoisotopic (exact) mass is 275 g/mol. The van der Waals surface area contributed by atoms with Crippen molar-refractivity contribution in [1.29, 1.82) is 0 Å². The molecule has 0 aliphatic carbocycles. The molecule has 96 valence electrons. The molecule has 0 amide bonds. The zero-order valence-electron chi connectivity index (χ0n) is 10.6. The van der Waals surface area contributed by atoms with Gasteiger partial charge in [0.1, 0.15) is 0 Å². The molecule has 0 saturated carbocycles. The number of hydrogen-bond acceptors (Lipinski definition) is 2. The lowest BCUT2D eigenvalue weighted by Gasteiger charge is -2.29. The molecule has 0 radical (unpaired) electrons. The van der Waals surface area contributed by atoms with Gasteiger partial charge < -0.3 is 10.4 Å². The molecule has 4 heteroatoms. The van der Waals surface area contributed by atoms with Gasteiger partial charge in [0.05, 0.1) is 16.1 Å². The highest BCUT2D eigenvalue weighted by molar-refractivity contribution is 6.42. The van der Waals surface area contributed by atoms with Crippen molar-refractivity contribution < 1.29 is 5.11 Å². The standard InChI is InChI=1S/C13H19Cl2NO/c1-8(16-13(2,3)4)12(17)9-5-6-10(14)11(15)7-9/h5-8,12,16-17H,1-4H3/t8-,12+/m1/s1. The van der Waals surface area contributed by atoms with E-state index < -0.39 is 6.10 Å². The summed E-state index contributed by atoms with van der Waals surface area (Å²) in [4.78, 5) is 0. The van der Waals surface area contributed by atoms with Crippen molar-refractivity contribution >= 4 is 23.2 Å². The Hall–Kier alpha value is -0.280. The van der Waals surface area contributed by atoms with E-state index in [-0.39, 0.29) is 11.6 Å². The van der Waals surface area contributed by atoms with Crippen LogP contribution in [0.2, 0.25) is 10.0 Å². The average molecular weight is 276 g/mol. The lowest BCUT2D eigenvalue weighted by Crippen LogP contribution is -2.44. The summed E-state index contributed by atoms with van der Waals surface area (Å²) in [5.41, 5.74) is 0.722. The Kier molecular flexibility index (Phi) is 4.85. The van der Waals surface area contributed by atoms with Crippen LogP contribution in [0.4, 0.5) is 0 Å². The van der Waals surface area contributed by atoms with Crippen molar-refractivity contribution in [2.24, 2.45) is 0 Å². The molecule has 1 aromatic rings. The minimum absolute atomic E-state index is 0.0450. The van der Waals surface area contributed by atoms with E-state index in [1.54, 1.807) is 18.2 Å². The Morgan fingerprint density at radius 2 is 1.76 bits per heavy atom. The van der Waals surface area contributed by atoms with E-state index in [9.17, 15) is 5.11 Å². The molecule has 0 aliphatic heterocycles. The molecular weight excluding hydrogens is 257 g/mol. The van der Waals surface area contributed by atoms with Crippen LogP contribution in [0, 0.1) is 0 Å². The van der Waals surface area contributed by atoms with E-state index in [0.717, 1.165) is 5.56 Å². The van der Waals surface area contributed by atoms with Crippen molar-refractivity contribution in [3.8, 4) is 0 Å². The quantitative estimate of drug-likeness (QED) is 0.880. The Labute approximate surface area is 113 Å². The van der Waals surface area contributed by atoms with E-state index >= 15 is 0 Å². The number of aliphatic hydroxyl groups is 1. The fraction of sp³-hybridized carbons (Fsp3) is 0.538. The maximum atomic E-state index is 10.2. The molecule has 1 rings (SSSR count). The number of rotatable bonds is 3. The third-order valence-corrected chi connectivity index (χ3v) is 3.16. The first-order valence-electron chi connectivity index (χ1n) is 5.61. The third-order valence-electron chi connectivity index (χ3n) is 2.42. The van der Waals surface area contributed by atoms with Gasteiger partial charge in [-0.3, -0.25) is 0 Å². The van der Waals surface area contributed by atoms with E-state index in [2.05, 4.69) is 26.1 Å². The summed E-state index contributed by atoms with van der Waals surface area (Å²) in [5.74, 6) is 0. The lowest BCUT2D eigenvalue weighted by atomic mass is 10.00. The summed E-state index contributed by atoms with van der Waals surface area (Å²) in [6.45, 7) is 8.12. The zero-order chi connectivity index (χ0) is 13.2. The molecule has 0 fully saturated rings. The average Bonchev–Trinajstić information content (AvgIpc) is 2.18. The van der Waals surface area contributed by atoms with Gasteiger partial charge in [-0.25, -0.2) is 0 Å². The van der Waals surface area contributed by atoms with Gasteiger partial charge in [-0.05, 0) is 45.4 Å². The first-order valence-corrected chi connectivity index (χ1v) is 6.37. The summed E-state index contributed by atoms with van der Waals surface area (Å²) in [5, 5.41) is 14.5. The highest BCUT2D eigenvalue weighted by atomic mass is 35.5. The molecule has 2 N–H and O–H groups in total. The van der Waals surface area contributed by atoms with Gasteiger partial charge in [-0.2, -0.15) is 0 Å². The molecule has 2 atom stereocenters. The molecule has 1 aromatic carbocycles. The number of benzene rings is 1. The van der Waals surface area contributed by atoms with Crippen LogP contribution in [0.25, 0.3) is 0 Å². The zero-order valence-corrected chi connectivity index (χ0v) is 12.1. The number of nitrogens with one attached hydrogen (secondary N) is 1. The van der Waals surface area contributed by atoms with Gasteiger partial charge in [0.2, 0.25) is 0 Å². The van der Waals surface area contributed by atoms with E-state index in [1.807, 2.05) is 6.92 Å². The predicted molar refractivity (Wildman–Crippen MR) is 73.8 cm³/mol. The number of aliphatic hydroxyl groups excluding tert-OH is 1. The van der Waals surface area contributed by atoms with Crippen molar-refractivity contribution in [2.75, 3.05) is 0 Å². The van der Waals surface area contributed by atoms with Crippen LogP contribution in [0.3, 0.4) is 0 Å². The normalized spacial score (nSPS) is 15.7. The molecule has 0 bridgehead atoms. The molecule has 0 spiro atoms. The van der Waals surface area contributed by atoms with Crippen LogP contribution in [0.1, 0.15) is 39.4 Å². The topological polar surface area (TPSA) is 32.3 Å². The SMILES string of the molecule is C[C@@H](NC(C)(C)C)[C@H](O)c1ccc(Cl)c(Cl)c1. The first kappa shape index (κ1) is 14.8. The second-order valence-electron chi connectivity index (χ2n) is 5.30. The van der Waals surface area contributed by atoms with Crippen LogP contribution in [-0.2, 0) is 0 Å². The van der Waals surface area contributed by atoms with E-state index in [1.165, 1.54) is 0 Å². The summed E-state index contributed by atoms with van der Waals surface area (Å²) in [6, 6.07) is 5.13. The molecule has 0 unspecified atom stereocenters. The van der Waals surface area contributed by atoms with E-state index in [4.69, 9.17) is 23.2 Å². The van der Waals surface area contributed by atoms with Gasteiger partial charge in [0.15, 0.2) is 0 Å². The van der Waals surface area contributed by atoms with Crippen molar-refractivity contribution in [2.45, 2.75) is 45.4 Å². The largest absolute Gasteiger partial charge is 0.387 e. The van der Waals surface area contributed by atoms with Crippen LogP contribution in [-0.4, -0.2) is 16.7 Å². The highest BCUT2D eigenvalue weighted by Gasteiger charge is 2.21. The Balaban J connectivity index is 2.81. The molecule has 2 nitrogen and oxygen atoms in total. The summed E-state index contributed by atoms with van der Waals surface area (Å²) < 4.78 is 0. The highest BCUT2D eigenvalue weighted by Crippen LogP contribution is 2.27. The van der Waals surface area contributed by atoms with Crippen LogP contribution < -0.4 is 5.32 Å². The van der Waals surface area contributed by atoms with Gasteiger partial charge in [-0.15, -0.1) is 0 Å². The lowest BCUT2D eigenvalue weighted by molar-refractivity contribution is 0.121. The van der Waals surface area contributed by atoms with Crippen LogP contribution in [0.5, 0.6) is 0 Å². The molecular formula is C13H19Cl2NO. The Bertz CT molecular complexity index is 387. The fourth-order valence-electron chi connectivity index (χ4n) is 1.75. The minimum Gasteiger partial charge on any atom is -0.387 e. The maximum absolute atomic E-state index is 10.2. The molecule has 0 aliphatic rings. The van der Waals surface area contributed by atoms with Gasteiger partial charge in [0.25, 0.3) is 0 Å².